The van der Waals surface area contributed by atoms with Crippen molar-refractivity contribution < 1.29 is 9.47 Å². The predicted octanol–water partition coefficient (Wildman–Crippen LogP) is 3.22. The van der Waals surface area contributed by atoms with Crippen LogP contribution in [0.25, 0.3) is 11.0 Å². The summed E-state index contributed by atoms with van der Waals surface area (Å²) in [6.07, 6.45) is 0.916. The van der Waals surface area contributed by atoms with Crippen LogP contribution >= 0.6 is 0 Å². The first-order valence-corrected chi connectivity index (χ1v) is 8.06. The Morgan fingerprint density at radius 1 is 1.04 bits per heavy atom. The number of nitrogens with one attached hydrogen (secondary N) is 2. The minimum atomic E-state index is 0.723. The average Bonchev–Trinajstić information content (AvgIpc) is 3.00. The molecule has 2 aromatic carbocycles. The molecular weight excluding hydrogens is 302 g/mol. The van der Waals surface area contributed by atoms with Gasteiger partial charge in [-0.3, -0.25) is 0 Å². The second kappa shape index (κ2) is 7.36. The van der Waals surface area contributed by atoms with Gasteiger partial charge in [-0.25, -0.2) is 4.98 Å². The summed E-state index contributed by atoms with van der Waals surface area (Å²) in [5.74, 6) is 2.48. The van der Waals surface area contributed by atoms with E-state index in [1.807, 2.05) is 18.2 Å². The van der Waals surface area contributed by atoms with E-state index in [0.29, 0.717) is 0 Å². The standard InChI is InChI=1S/C19H23N3O2/c1-13-4-6-15-16(10-13)22-19(21-15)12-20-9-8-14-5-7-17(23-2)18(11-14)24-3/h4-7,10-11,20H,8-9,12H2,1-3H3,(H,21,22). The van der Waals surface area contributed by atoms with Crippen LogP contribution in [0.3, 0.4) is 0 Å². The maximum atomic E-state index is 5.34. The van der Waals surface area contributed by atoms with Crippen molar-refractivity contribution >= 4 is 11.0 Å². The molecular formula is C19H23N3O2. The van der Waals surface area contributed by atoms with Crippen molar-refractivity contribution in [1.29, 1.82) is 0 Å². The second-order valence-corrected chi connectivity index (χ2v) is 5.82. The highest BCUT2D eigenvalue weighted by Crippen LogP contribution is 2.27. The highest BCUT2D eigenvalue weighted by Gasteiger charge is 2.05. The Kier molecular flexibility index (Phi) is 5.01. The Bertz CT molecular complexity index is 827. The molecule has 0 spiro atoms. The lowest BCUT2D eigenvalue weighted by Crippen LogP contribution is -2.17. The number of nitrogens with zero attached hydrogens (tertiary/aromatic N) is 1. The van der Waals surface area contributed by atoms with Gasteiger partial charge in [0.1, 0.15) is 5.82 Å². The first-order chi connectivity index (χ1) is 11.7. The van der Waals surface area contributed by atoms with Gasteiger partial charge in [0, 0.05) is 0 Å². The lowest BCUT2D eigenvalue weighted by atomic mass is 10.1. The largest absolute Gasteiger partial charge is 0.493 e. The number of hydrogen-bond acceptors (Lipinski definition) is 4. The Morgan fingerprint density at radius 3 is 2.67 bits per heavy atom. The van der Waals surface area contributed by atoms with Crippen LogP contribution < -0.4 is 14.8 Å². The predicted molar refractivity (Wildman–Crippen MR) is 95.8 cm³/mol. The zero-order valence-corrected chi connectivity index (χ0v) is 14.3. The zero-order chi connectivity index (χ0) is 16.9. The molecule has 3 aromatic rings. The number of aromatic amines is 1. The molecule has 0 bridgehead atoms. The van der Waals surface area contributed by atoms with Gasteiger partial charge in [-0.05, 0) is 55.3 Å². The van der Waals surface area contributed by atoms with Gasteiger partial charge in [-0.1, -0.05) is 12.1 Å². The first-order valence-electron chi connectivity index (χ1n) is 8.06. The van der Waals surface area contributed by atoms with E-state index in [0.717, 1.165) is 47.9 Å². The Morgan fingerprint density at radius 2 is 1.88 bits per heavy atom. The molecule has 0 saturated carbocycles. The highest BCUT2D eigenvalue weighted by molar-refractivity contribution is 5.75. The normalized spacial score (nSPS) is 11.0. The van der Waals surface area contributed by atoms with Gasteiger partial charge in [0.2, 0.25) is 0 Å². The van der Waals surface area contributed by atoms with Gasteiger partial charge in [0.05, 0.1) is 31.8 Å². The third-order valence-corrected chi connectivity index (χ3v) is 4.02. The molecule has 0 aliphatic carbocycles. The summed E-state index contributed by atoms with van der Waals surface area (Å²) in [6.45, 7) is 3.67. The number of aryl methyl sites for hydroxylation is 1. The molecule has 3 rings (SSSR count). The van der Waals surface area contributed by atoms with Crippen LogP contribution in [0.5, 0.6) is 11.5 Å². The lowest BCUT2D eigenvalue weighted by molar-refractivity contribution is 0.354. The van der Waals surface area contributed by atoms with Gasteiger partial charge in [0.25, 0.3) is 0 Å². The van der Waals surface area contributed by atoms with Crippen molar-refractivity contribution in [1.82, 2.24) is 15.3 Å². The van der Waals surface area contributed by atoms with Gasteiger partial charge >= 0.3 is 0 Å². The summed E-state index contributed by atoms with van der Waals surface area (Å²) in [4.78, 5) is 7.95. The average molecular weight is 325 g/mol. The molecule has 1 heterocycles. The van der Waals surface area contributed by atoms with Crippen molar-refractivity contribution in [2.75, 3.05) is 20.8 Å². The summed E-state index contributed by atoms with van der Waals surface area (Å²) < 4.78 is 10.6. The van der Waals surface area contributed by atoms with Gasteiger partial charge in [-0.15, -0.1) is 0 Å². The van der Waals surface area contributed by atoms with Crippen molar-refractivity contribution in [2.24, 2.45) is 0 Å². The first kappa shape index (κ1) is 16.3. The number of hydrogen-bond donors (Lipinski definition) is 2. The number of methoxy groups -OCH3 is 2. The molecule has 126 valence electrons. The van der Waals surface area contributed by atoms with Crippen LogP contribution in [-0.2, 0) is 13.0 Å². The molecule has 5 heteroatoms. The number of fused-ring (bicyclic) bond motifs is 1. The van der Waals surface area contributed by atoms with Crippen molar-refractivity contribution in [3.05, 3.63) is 53.3 Å². The molecule has 0 atom stereocenters. The number of ether oxygens (including phenoxy) is 2. The van der Waals surface area contributed by atoms with E-state index in [1.54, 1.807) is 14.2 Å². The maximum Gasteiger partial charge on any atom is 0.160 e. The number of rotatable bonds is 7. The van der Waals surface area contributed by atoms with Crippen LogP contribution in [-0.4, -0.2) is 30.7 Å². The molecule has 24 heavy (non-hydrogen) atoms. The number of benzene rings is 2. The fraction of sp³-hybridized carbons (Fsp3) is 0.316. The minimum Gasteiger partial charge on any atom is -0.493 e. The third-order valence-electron chi connectivity index (χ3n) is 4.02. The van der Waals surface area contributed by atoms with E-state index >= 15 is 0 Å². The summed E-state index contributed by atoms with van der Waals surface area (Å²) >= 11 is 0. The SMILES string of the molecule is COc1ccc(CCNCc2nc3ccc(C)cc3[nH]2)cc1OC. The van der Waals surface area contributed by atoms with E-state index in [1.165, 1.54) is 11.1 Å². The summed E-state index contributed by atoms with van der Waals surface area (Å²) in [6, 6.07) is 12.3. The second-order valence-electron chi connectivity index (χ2n) is 5.82. The van der Waals surface area contributed by atoms with Gasteiger partial charge < -0.3 is 19.8 Å². The molecule has 0 aliphatic rings. The number of H-pyrrole nitrogens is 1. The summed E-state index contributed by atoms with van der Waals surface area (Å²) in [7, 11) is 3.30. The third kappa shape index (κ3) is 3.68. The molecule has 0 aliphatic heterocycles. The van der Waals surface area contributed by atoms with Gasteiger partial charge in [-0.2, -0.15) is 0 Å². The topological polar surface area (TPSA) is 59.2 Å². The molecule has 0 amide bonds. The van der Waals surface area contributed by atoms with Crippen LogP contribution in [0.2, 0.25) is 0 Å². The summed E-state index contributed by atoms with van der Waals surface area (Å²) in [5, 5.41) is 3.43. The van der Waals surface area contributed by atoms with Crippen molar-refractivity contribution in [3.63, 3.8) is 0 Å². The number of aromatic nitrogens is 2. The smallest absolute Gasteiger partial charge is 0.160 e. The van der Waals surface area contributed by atoms with E-state index in [-0.39, 0.29) is 0 Å². The molecule has 0 radical (unpaired) electrons. The van der Waals surface area contributed by atoms with Crippen LogP contribution in [0.4, 0.5) is 0 Å². The molecule has 5 nitrogen and oxygen atoms in total. The Balaban J connectivity index is 1.54. The van der Waals surface area contributed by atoms with Crippen LogP contribution in [0, 0.1) is 6.92 Å². The maximum absolute atomic E-state index is 5.34. The Labute approximate surface area is 142 Å². The molecule has 2 N–H and O–H groups in total. The van der Waals surface area contributed by atoms with Crippen LogP contribution in [0.15, 0.2) is 36.4 Å². The van der Waals surface area contributed by atoms with E-state index < -0.39 is 0 Å². The molecule has 0 unspecified atom stereocenters. The van der Waals surface area contributed by atoms with Gasteiger partial charge in [0.15, 0.2) is 11.5 Å². The quantitative estimate of drug-likeness (QED) is 0.655. The highest BCUT2D eigenvalue weighted by atomic mass is 16.5. The van der Waals surface area contributed by atoms with E-state index in [2.05, 4.69) is 40.4 Å². The van der Waals surface area contributed by atoms with Crippen molar-refractivity contribution in [2.45, 2.75) is 19.9 Å². The Hall–Kier alpha value is -2.53. The van der Waals surface area contributed by atoms with E-state index in [4.69, 9.17) is 9.47 Å². The van der Waals surface area contributed by atoms with E-state index in [9.17, 15) is 0 Å². The lowest BCUT2D eigenvalue weighted by Gasteiger charge is -2.09. The molecule has 1 aromatic heterocycles. The molecule has 0 saturated heterocycles. The monoisotopic (exact) mass is 325 g/mol. The zero-order valence-electron chi connectivity index (χ0n) is 14.3. The minimum absolute atomic E-state index is 0.723. The fourth-order valence-electron chi connectivity index (χ4n) is 2.74. The fourth-order valence-corrected chi connectivity index (χ4v) is 2.74. The van der Waals surface area contributed by atoms with Crippen molar-refractivity contribution in [3.8, 4) is 11.5 Å². The molecule has 0 fully saturated rings. The summed E-state index contributed by atoms with van der Waals surface area (Å²) in [5.41, 5.74) is 4.54. The van der Waals surface area contributed by atoms with Crippen LogP contribution in [0.1, 0.15) is 17.0 Å². The number of imidazole rings is 1.